The fourth-order valence-electron chi connectivity index (χ4n) is 3.17. The molecule has 0 radical (unpaired) electrons. The molecule has 1 saturated heterocycles. The monoisotopic (exact) mass is 424 g/mol. The lowest BCUT2D eigenvalue weighted by molar-refractivity contribution is 0.0438. The number of benzene rings is 2. The highest BCUT2D eigenvalue weighted by molar-refractivity contribution is 7.99. The third-order valence-corrected chi connectivity index (χ3v) is 6.15. The van der Waals surface area contributed by atoms with Crippen LogP contribution < -0.4 is 5.32 Å². The number of nitrogens with zero attached hydrogens (tertiary/aromatic N) is 1. The van der Waals surface area contributed by atoms with Crippen LogP contribution in [0.25, 0.3) is 0 Å². The molecule has 0 spiro atoms. The Labute approximate surface area is 173 Å². The first-order valence-electron chi connectivity index (χ1n) is 9.29. The maximum absolute atomic E-state index is 15.0. The van der Waals surface area contributed by atoms with Crippen LogP contribution in [0.3, 0.4) is 0 Å². The Morgan fingerprint density at radius 1 is 1.18 bits per heavy atom. The summed E-state index contributed by atoms with van der Waals surface area (Å²) in [5, 5.41) is 3.11. The number of carbonyl (C=O) groups is 1. The van der Waals surface area contributed by atoms with Gasteiger partial charge in [-0.05, 0) is 30.3 Å². The largest absolute Gasteiger partial charge is 0.338 e. The van der Waals surface area contributed by atoms with E-state index < -0.39 is 11.5 Å². The summed E-state index contributed by atoms with van der Waals surface area (Å²) in [6.45, 7) is 1.68. The molecule has 2 aromatic rings. The van der Waals surface area contributed by atoms with E-state index in [9.17, 15) is 9.18 Å². The lowest BCUT2D eigenvalue weighted by Gasteiger charge is -2.36. The van der Waals surface area contributed by atoms with Gasteiger partial charge in [-0.25, -0.2) is 8.78 Å². The zero-order valence-corrected chi connectivity index (χ0v) is 17.0. The van der Waals surface area contributed by atoms with Crippen molar-refractivity contribution in [1.82, 2.24) is 10.2 Å². The summed E-state index contributed by atoms with van der Waals surface area (Å²) in [6, 6.07) is 14.0. The first kappa shape index (κ1) is 21.1. The molecule has 1 amide bonds. The Hall–Kier alpha value is -1.63. The van der Waals surface area contributed by atoms with Crippen molar-refractivity contribution in [3.05, 3.63) is 64.9 Å². The Bertz CT molecular complexity index is 798. The molecule has 1 N–H and O–H groups in total. The minimum Gasteiger partial charge on any atom is -0.338 e. The summed E-state index contributed by atoms with van der Waals surface area (Å²) in [5.41, 5.74) is -0.983. The molecular weight excluding hydrogens is 402 g/mol. The number of thioether (sulfide) groups is 1. The molecule has 0 atom stereocenters. The van der Waals surface area contributed by atoms with Crippen LogP contribution in [-0.4, -0.2) is 48.4 Å². The molecule has 0 unspecified atom stereocenters. The lowest BCUT2D eigenvalue weighted by atomic mass is 9.93. The van der Waals surface area contributed by atoms with Gasteiger partial charge in [0.05, 0.1) is 5.02 Å². The van der Waals surface area contributed by atoms with Gasteiger partial charge >= 0.3 is 0 Å². The van der Waals surface area contributed by atoms with Gasteiger partial charge in [-0.1, -0.05) is 29.8 Å². The number of alkyl halides is 1. The summed E-state index contributed by atoms with van der Waals surface area (Å²) in [5.74, 6) is 0.0723. The topological polar surface area (TPSA) is 32.3 Å². The maximum atomic E-state index is 15.0. The Morgan fingerprint density at radius 3 is 2.57 bits per heavy atom. The fourth-order valence-corrected chi connectivity index (χ4v) is 4.18. The van der Waals surface area contributed by atoms with Crippen LogP contribution in [0.1, 0.15) is 23.2 Å². The molecule has 0 aliphatic carbocycles. The first-order valence-corrected chi connectivity index (χ1v) is 10.6. The molecule has 1 fully saturated rings. The molecule has 28 heavy (non-hydrogen) atoms. The zero-order chi connectivity index (χ0) is 20.0. The summed E-state index contributed by atoms with van der Waals surface area (Å²) in [4.78, 5) is 15.3. The number of amides is 1. The van der Waals surface area contributed by atoms with E-state index >= 15 is 4.39 Å². The molecule has 0 saturated carbocycles. The van der Waals surface area contributed by atoms with Crippen LogP contribution in [0, 0.1) is 5.82 Å². The van der Waals surface area contributed by atoms with E-state index in [1.54, 1.807) is 16.7 Å². The number of halogens is 3. The predicted octanol–water partition coefficient (Wildman–Crippen LogP) is 4.81. The van der Waals surface area contributed by atoms with E-state index in [0.717, 1.165) is 12.3 Å². The highest BCUT2D eigenvalue weighted by Crippen LogP contribution is 2.27. The summed E-state index contributed by atoms with van der Waals surface area (Å²) < 4.78 is 28.3. The van der Waals surface area contributed by atoms with Gasteiger partial charge in [-0.3, -0.25) is 4.79 Å². The van der Waals surface area contributed by atoms with Crippen molar-refractivity contribution in [3.63, 3.8) is 0 Å². The number of nitrogens with one attached hydrogen (secondary N) is 1. The summed E-state index contributed by atoms with van der Waals surface area (Å²) in [6.07, 6.45) is 0.568. The van der Waals surface area contributed by atoms with Gasteiger partial charge in [0.2, 0.25) is 0 Å². The number of rotatable bonds is 7. The van der Waals surface area contributed by atoms with Gasteiger partial charge in [0.1, 0.15) is 11.5 Å². The second kappa shape index (κ2) is 9.72. The van der Waals surface area contributed by atoms with Gasteiger partial charge < -0.3 is 10.2 Å². The molecule has 2 aromatic carbocycles. The van der Waals surface area contributed by atoms with Crippen molar-refractivity contribution >= 4 is 29.3 Å². The van der Waals surface area contributed by atoms with Gasteiger partial charge in [0, 0.05) is 55.2 Å². The molecule has 150 valence electrons. The number of likely N-dealkylation sites (tertiary alicyclic amines) is 1. The normalized spacial score (nSPS) is 16.2. The minimum absolute atomic E-state index is 0.0831. The van der Waals surface area contributed by atoms with Crippen LogP contribution in [0.2, 0.25) is 5.02 Å². The molecule has 3 rings (SSSR count). The molecule has 7 heteroatoms. The van der Waals surface area contributed by atoms with E-state index in [4.69, 9.17) is 11.6 Å². The molecular formula is C21H23ClF2N2OS. The molecule has 3 nitrogen and oxygen atoms in total. The van der Waals surface area contributed by atoms with E-state index in [1.165, 1.54) is 23.1 Å². The van der Waals surface area contributed by atoms with Crippen molar-refractivity contribution in [2.45, 2.75) is 23.4 Å². The van der Waals surface area contributed by atoms with Crippen LogP contribution in [-0.2, 0) is 0 Å². The third-order valence-electron chi connectivity index (χ3n) is 4.85. The average molecular weight is 425 g/mol. The molecule has 1 aliphatic rings. The highest BCUT2D eigenvalue weighted by atomic mass is 35.5. The average Bonchev–Trinajstić information content (AvgIpc) is 2.71. The summed E-state index contributed by atoms with van der Waals surface area (Å²) >= 11 is 7.48. The number of carbonyl (C=O) groups excluding carboxylic acids is 1. The van der Waals surface area contributed by atoms with Crippen molar-refractivity contribution in [3.8, 4) is 0 Å². The van der Waals surface area contributed by atoms with Crippen LogP contribution in [0.4, 0.5) is 8.78 Å². The number of piperidine rings is 1. The predicted molar refractivity (Wildman–Crippen MR) is 110 cm³/mol. The highest BCUT2D eigenvalue weighted by Gasteiger charge is 2.35. The molecule has 1 heterocycles. The van der Waals surface area contributed by atoms with Crippen molar-refractivity contribution in [2.24, 2.45) is 0 Å². The van der Waals surface area contributed by atoms with Crippen LogP contribution >= 0.6 is 23.4 Å². The van der Waals surface area contributed by atoms with Gasteiger partial charge in [-0.15, -0.1) is 11.8 Å². The van der Waals surface area contributed by atoms with E-state index in [-0.39, 0.29) is 30.3 Å². The number of hydrogen-bond acceptors (Lipinski definition) is 3. The SMILES string of the molecule is O=C(c1ccc(F)c(Cl)c1)N1CCC(F)(CNCCSc2ccccc2)CC1. The summed E-state index contributed by atoms with van der Waals surface area (Å²) in [7, 11) is 0. The van der Waals surface area contributed by atoms with E-state index in [1.807, 2.05) is 18.2 Å². The smallest absolute Gasteiger partial charge is 0.253 e. The molecule has 1 aliphatic heterocycles. The zero-order valence-electron chi connectivity index (χ0n) is 15.5. The van der Waals surface area contributed by atoms with Gasteiger partial charge in [0.25, 0.3) is 5.91 Å². The second-order valence-corrected chi connectivity index (χ2v) is 8.49. The minimum atomic E-state index is -1.31. The quantitative estimate of drug-likeness (QED) is 0.511. The van der Waals surface area contributed by atoms with E-state index in [2.05, 4.69) is 17.4 Å². The fraction of sp³-hybridized carbons (Fsp3) is 0.381. The van der Waals surface area contributed by atoms with Gasteiger partial charge in [0.15, 0.2) is 0 Å². The standard InChI is InChI=1S/C21H23ClF2N2OS/c22-18-14-16(6-7-19(18)23)20(27)26-11-8-21(24,9-12-26)15-25-10-13-28-17-4-2-1-3-5-17/h1-7,14,25H,8-13,15H2. The Morgan fingerprint density at radius 2 is 1.89 bits per heavy atom. The van der Waals surface area contributed by atoms with Crippen molar-refractivity contribution in [1.29, 1.82) is 0 Å². The number of hydrogen-bond donors (Lipinski definition) is 1. The third kappa shape index (κ3) is 5.69. The first-order chi connectivity index (χ1) is 13.5. The van der Waals surface area contributed by atoms with Crippen molar-refractivity contribution < 1.29 is 13.6 Å². The van der Waals surface area contributed by atoms with Crippen LogP contribution in [0.5, 0.6) is 0 Å². The van der Waals surface area contributed by atoms with Crippen molar-refractivity contribution in [2.75, 3.05) is 31.9 Å². The maximum Gasteiger partial charge on any atom is 0.253 e. The van der Waals surface area contributed by atoms with Gasteiger partial charge in [-0.2, -0.15) is 0 Å². The lowest BCUT2D eigenvalue weighted by Crippen LogP contribution is -2.49. The van der Waals surface area contributed by atoms with Crippen LogP contribution in [0.15, 0.2) is 53.4 Å². The molecule has 0 bridgehead atoms. The second-order valence-electron chi connectivity index (χ2n) is 6.91. The van der Waals surface area contributed by atoms with E-state index in [0.29, 0.717) is 18.7 Å². The Balaban J connectivity index is 1.40. The molecule has 0 aromatic heterocycles. The Kier molecular flexibility index (Phi) is 7.32.